The van der Waals surface area contributed by atoms with Gasteiger partial charge in [0.15, 0.2) is 5.12 Å². The molecule has 4 nitrogen and oxygen atoms in total. The van der Waals surface area contributed by atoms with E-state index in [0.717, 1.165) is 5.47 Å². The first-order valence-electron chi connectivity index (χ1n) is 7.70. The van der Waals surface area contributed by atoms with Gasteiger partial charge in [0.1, 0.15) is 5.75 Å². The van der Waals surface area contributed by atoms with Crippen LogP contribution in [0, 0.1) is 0 Å². The van der Waals surface area contributed by atoms with E-state index in [1.54, 1.807) is 12.1 Å². The van der Waals surface area contributed by atoms with Crippen LogP contribution in [0.5, 0.6) is 5.75 Å². The zero-order valence-electron chi connectivity index (χ0n) is 14.6. The molecular formula is C17H22BClO4S. The second-order valence-electron chi connectivity index (χ2n) is 6.79. The number of thioether (sulfide) groups is 1. The number of aromatic hydroxyl groups is 1. The quantitative estimate of drug-likeness (QED) is 0.801. The second kappa shape index (κ2) is 7.12. The van der Waals surface area contributed by atoms with Crippen LogP contribution in [0.2, 0.25) is 5.02 Å². The Bertz CT molecular complexity index is 657. The van der Waals surface area contributed by atoms with E-state index in [-0.39, 0.29) is 10.9 Å². The molecule has 24 heavy (non-hydrogen) atoms. The molecule has 1 heterocycles. The maximum Gasteiger partial charge on any atom is 0.491 e. The maximum atomic E-state index is 11.4. The number of hydrogen-bond acceptors (Lipinski definition) is 5. The van der Waals surface area contributed by atoms with Gasteiger partial charge >= 0.3 is 7.12 Å². The minimum atomic E-state index is -0.569. The number of phenolic OH excluding ortho intramolecular Hbond substituents is 1. The predicted octanol–water partition coefficient (Wildman–Crippen LogP) is 4.34. The molecular weight excluding hydrogens is 347 g/mol. The summed E-state index contributed by atoms with van der Waals surface area (Å²) >= 11 is 7.39. The lowest BCUT2D eigenvalue weighted by Gasteiger charge is -2.32. The Morgan fingerprint density at radius 1 is 1.29 bits per heavy atom. The van der Waals surface area contributed by atoms with E-state index in [0.29, 0.717) is 16.3 Å². The van der Waals surface area contributed by atoms with Crippen molar-refractivity contribution >= 4 is 41.7 Å². The summed E-state index contributed by atoms with van der Waals surface area (Å²) in [5.41, 5.74) is 0.507. The monoisotopic (exact) mass is 368 g/mol. The van der Waals surface area contributed by atoms with Crippen LogP contribution in [-0.4, -0.2) is 34.3 Å². The first kappa shape index (κ1) is 19.4. The van der Waals surface area contributed by atoms with Crippen molar-refractivity contribution in [1.82, 2.24) is 0 Å². The summed E-state index contributed by atoms with van der Waals surface area (Å²) in [5, 5.41) is 10.2. The summed E-state index contributed by atoms with van der Waals surface area (Å²) in [5.74, 6) is 0.552. The van der Waals surface area contributed by atoms with Gasteiger partial charge in [0, 0.05) is 17.7 Å². The molecule has 0 atom stereocenters. The van der Waals surface area contributed by atoms with E-state index in [9.17, 15) is 9.90 Å². The van der Waals surface area contributed by atoms with Crippen molar-refractivity contribution in [3.05, 3.63) is 34.3 Å². The third-order valence-electron chi connectivity index (χ3n) is 4.32. The topological polar surface area (TPSA) is 55.8 Å². The summed E-state index contributed by atoms with van der Waals surface area (Å²) in [6.07, 6.45) is 1.82. The van der Waals surface area contributed by atoms with Gasteiger partial charge in [-0.1, -0.05) is 29.4 Å². The standard InChI is InChI=1S/C17H22BClO4S/c1-11(20)24-10-13(8-12-9-14(21)6-7-15(12)19)18-22-16(2,3)17(4,5)23-18/h6-9,21H,10H2,1-5H3. The van der Waals surface area contributed by atoms with E-state index in [2.05, 4.69) is 0 Å². The number of carbonyl (C=O) groups excluding carboxylic acids is 1. The molecule has 1 fully saturated rings. The summed E-state index contributed by atoms with van der Waals surface area (Å²) in [6, 6.07) is 4.73. The Morgan fingerprint density at radius 3 is 2.42 bits per heavy atom. The van der Waals surface area contributed by atoms with Crippen LogP contribution < -0.4 is 0 Å². The molecule has 7 heteroatoms. The minimum absolute atomic E-state index is 0.0134. The lowest BCUT2D eigenvalue weighted by molar-refractivity contribution is -0.109. The summed E-state index contributed by atoms with van der Waals surface area (Å²) in [7, 11) is -0.569. The van der Waals surface area contributed by atoms with Crippen LogP contribution in [0.4, 0.5) is 0 Å². The molecule has 1 aliphatic rings. The van der Waals surface area contributed by atoms with Gasteiger partial charge in [-0.2, -0.15) is 0 Å². The third-order valence-corrected chi connectivity index (χ3v) is 5.55. The van der Waals surface area contributed by atoms with E-state index >= 15 is 0 Å². The number of rotatable bonds is 4. The third kappa shape index (κ3) is 4.36. The van der Waals surface area contributed by atoms with Gasteiger partial charge in [0.05, 0.1) is 11.2 Å². The summed E-state index contributed by atoms with van der Waals surface area (Å²) in [4.78, 5) is 11.4. The van der Waals surface area contributed by atoms with E-state index in [4.69, 9.17) is 20.9 Å². The van der Waals surface area contributed by atoms with Crippen molar-refractivity contribution in [3.63, 3.8) is 0 Å². The van der Waals surface area contributed by atoms with Gasteiger partial charge in [-0.3, -0.25) is 4.79 Å². The number of hydrogen-bond donors (Lipinski definition) is 1. The highest BCUT2D eigenvalue weighted by Gasteiger charge is 2.52. The van der Waals surface area contributed by atoms with E-state index < -0.39 is 18.3 Å². The number of halogens is 1. The molecule has 0 saturated carbocycles. The minimum Gasteiger partial charge on any atom is -0.508 e. The Kier molecular flexibility index (Phi) is 5.75. The molecule has 1 aromatic rings. The summed E-state index contributed by atoms with van der Waals surface area (Å²) in [6.45, 7) is 9.43. The van der Waals surface area contributed by atoms with Crippen LogP contribution in [0.15, 0.2) is 23.7 Å². The zero-order chi connectivity index (χ0) is 18.1. The molecule has 0 radical (unpaired) electrons. The van der Waals surface area contributed by atoms with Crippen LogP contribution in [0.3, 0.4) is 0 Å². The van der Waals surface area contributed by atoms with E-state index in [1.165, 1.54) is 24.8 Å². The fraction of sp³-hybridized carbons (Fsp3) is 0.471. The van der Waals surface area contributed by atoms with Crippen LogP contribution in [0.1, 0.15) is 40.2 Å². The molecule has 1 aromatic carbocycles. The van der Waals surface area contributed by atoms with Gasteiger partial charge in [-0.05, 0) is 56.9 Å². The number of carbonyl (C=O) groups is 1. The van der Waals surface area contributed by atoms with Gasteiger partial charge in [-0.25, -0.2) is 0 Å². The molecule has 0 aliphatic carbocycles. The fourth-order valence-corrected chi connectivity index (χ4v) is 2.96. The zero-order valence-corrected chi connectivity index (χ0v) is 16.1. The number of phenols is 1. The average Bonchev–Trinajstić information content (AvgIpc) is 2.66. The van der Waals surface area contributed by atoms with Crippen LogP contribution in [-0.2, 0) is 14.1 Å². The molecule has 0 amide bonds. The molecule has 0 bridgehead atoms. The average molecular weight is 369 g/mol. The molecule has 1 N–H and O–H groups in total. The Labute approximate surface area is 152 Å². The smallest absolute Gasteiger partial charge is 0.491 e. The first-order valence-corrected chi connectivity index (χ1v) is 9.06. The predicted molar refractivity (Wildman–Crippen MR) is 100 cm³/mol. The van der Waals surface area contributed by atoms with Crippen molar-refractivity contribution in [2.24, 2.45) is 0 Å². The lowest BCUT2D eigenvalue weighted by atomic mass is 9.78. The Morgan fingerprint density at radius 2 is 1.88 bits per heavy atom. The van der Waals surface area contributed by atoms with Gasteiger partial charge in [0.25, 0.3) is 0 Å². The molecule has 0 aromatic heterocycles. The van der Waals surface area contributed by atoms with Crippen molar-refractivity contribution in [2.75, 3.05) is 5.75 Å². The molecule has 2 rings (SSSR count). The Hall–Kier alpha value is -0.945. The first-order chi connectivity index (χ1) is 11.0. The number of benzene rings is 1. The van der Waals surface area contributed by atoms with Gasteiger partial charge < -0.3 is 14.4 Å². The van der Waals surface area contributed by atoms with Crippen LogP contribution >= 0.6 is 23.4 Å². The Balaban J connectivity index is 2.37. The molecule has 0 spiro atoms. The lowest BCUT2D eigenvalue weighted by Crippen LogP contribution is -2.41. The highest BCUT2D eigenvalue weighted by Crippen LogP contribution is 2.39. The van der Waals surface area contributed by atoms with Crippen LogP contribution in [0.25, 0.3) is 6.08 Å². The maximum absolute atomic E-state index is 11.4. The van der Waals surface area contributed by atoms with Gasteiger partial charge in [-0.15, -0.1) is 0 Å². The van der Waals surface area contributed by atoms with E-state index in [1.807, 2.05) is 33.8 Å². The summed E-state index contributed by atoms with van der Waals surface area (Å²) < 4.78 is 12.2. The van der Waals surface area contributed by atoms with Crippen molar-refractivity contribution in [3.8, 4) is 5.75 Å². The second-order valence-corrected chi connectivity index (χ2v) is 8.35. The normalized spacial score (nSPS) is 19.6. The highest BCUT2D eigenvalue weighted by atomic mass is 35.5. The highest BCUT2D eigenvalue weighted by molar-refractivity contribution is 8.13. The van der Waals surface area contributed by atoms with Gasteiger partial charge in [0.2, 0.25) is 0 Å². The molecule has 1 saturated heterocycles. The largest absolute Gasteiger partial charge is 0.508 e. The SMILES string of the molecule is CC(=O)SCC(=Cc1cc(O)ccc1Cl)B1OC(C)(C)C(C)(C)O1. The van der Waals surface area contributed by atoms with Crippen molar-refractivity contribution in [2.45, 2.75) is 45.8 Å². The molecule has 0 unspecified atom stereocenters. The fourth-order valence-electron chi connectivity index (χ4n) is 2.20. The van der Waals surface area contributed by atoms with Crippen molar-refractivity contribution in [1.29, 1.82) is 0 Å². The van der Waals surface area contributed by atoms with Crippen molar-refractivity contribution < 1.29 is 19.2 Å². The molecule has 1 aliphatic heterocycles. The molecule has 130 valence electrons.